The van der Waals surface area contributed by atoms with Crippen molar-refractivity contribution in [3.05, 3.63) is 71.4 Å². The summed E-state index contributed by atoms with van der Waals surface area (Å²) < 4.78 is 6.95. The molecule has 148 valence electrons. The molecule has 6 nitrogen and oxygen atoms in total. The van der Waals surface area contributed by atoms with Gasteiger partial charge >= 0.3 is 5.97 Å². The van der Waals surface area contributed by atoms with Crippen LogP contribution in [0.5, 0.6) is 0 Å². The third-order valence-corrected chi connectivity index (χ3v) is 4.87. The lowest BCUT2D eigenvalue weighted by Crippen LogP contribution is -2.30. The van der Waals surface area contributed by atoms with E-state index in [4.69, 9.17) is 4.74 Å². The molecule has 0 radical (unpaired) electrons. The van der Waals surface area contributed by atoms with Crippen LogP contribution in [0.3, 0.4) is 0 Å². The number of rotatable bonds is 6. The van der Waals surface area contributed by atoms with Crippen LogP contribution >= 0.6 is 0 Å². The van der Waals surface area contributed by atoms with Crippen molar-refractivity contribution in [1.29, 1.82) is 0 Å². The summed E-state index contributed by atoms with van der Waals surface area (Å²) >= 11 is 0. The van der Waals surface area contributed by atoms with Gasteiger partial charge in [-0.1, -0.05) is 42.0 Å². The summed E-state index contributed by atoms with van der Waals surface area (Å²) in [6.45, 7) is 3.72. The van der Waals surface area contributed by atoms with Gasteiger partial charge < -0.3 is 10.1 Å². The highest BCUT2D eigenvalue weighted by Crippen LogP contribution is 2.28. The van der Waals surface area contributed by atoms with Crippen LogP contribution in [0.4, 0.5) is 0 Å². The molecule has 3 aromatic rings. The van der Waals surface area contributed by atoms with E-state index < -0.39 is 5.97 Å². The molecule has 0 atom stereocenters. The predicted molar refractivity (Wildman–Crippen MR) is 110 cm³/mol. The molecule has 1 aromatic heterocycles. The summed E-state index contributed by atoms with van der Waals surface area (Å²) in [5.41, 5.74) is 4.72. The number of benzene rings is 2. The lowest BCUT2D eigenvalue weighted by molar-refractivity contribution is -0.124. The van der Waals surface area contributed by atoms with Crippen LogP contribution < -0.4 is 5.32 Å². The molecule has 0 bridgehead atoms. The number of esters is 1. The molecule has 0 aliphatic heterocycles. The molecule has 4 rings (SSSR count). The summed E-state index contributed by atoms with van der Waals surface area (Å²) in [4.78, 5) is 24.7. The van der Waals surface area contributed by atoms with Crippen LogP contribution in [-0.2, 0) is 9.53 Å². The second-order valence-corrected chi connectivity index (χ2v) is 7.41. The van der Waals surface area contributed by atoms with Gasteiger partial charge in [0.1, 0.15) is 11.3 Å². The summed E-state index contributed by atoms with van der Waals surface area (Å²) in [6.07, 6.45) is 3.63. The number of hydrogen-bond acceptors (Lipinski definition) is 4. The summed E-state index contributed by atoms with van der Waals surface area (Å²) in [5.74, 6) is -0.836. The highest BCUT2D eigenvalue weighted by molar-refractivity contribution is 5.97. The Bertz CT molecular complexity index is 1050. The number of nitrogens with one attached hydrogen (secondary N) is 1. The van der Waals surface area contributed by atoms with Crippen LogP contribution in [0, 0.1) is 13.8 Å². The number of carbonyl (C=O) groups excluding carboxylic acids is 2. The van der Waals surface area contributed by atoms with Crippen molar-refractivity contribution in [3.8, 4) is 16.9 Å². The molecule has 1 saturated carbocycles. The standard InChI is InChI=1S/C23H23N3O3/c1-15-8-11-19(16(2)12-15)22-20(13-26(25-22)18-6-4-3-5-7-18)23(28)29-14-21(27)24-17-9-10-17/h3-8,11-13,17H,9-10,14H2,1-2H3,(H,24,27). The maximum absolute atomic E-state index is 12.8. The van der Waals surface area contributed by atoms with E-state index in [9.17, 15) is 9.59 Å². The van der Waals surface area contributed by atoms with Crippen LogP contribution in [0.1, 0.15) is 34.3 Å². The molecule has 0 spiro atoms. The Morgan fingerprint density at radius 3 is 2.59 bits per heavy atom. The number of aryl methyl sites for hydroxylation is 2. The van der Waals surface area contributed by atoms with E-state index in [1.807, 2.05) is 56.3 Å². The van der Waals surface area contributed by atoms with E-state index in [1.54, 1.807) is 10.9 Å². The van der Waals surface area contributed by atoms with Crippen molar-refractivity contribution in [2.75, 3.05) is 6.61 Å². The Balaban J connectivity index is 1.65. The normalized spacial score (nSPS) is 13.2. The van der Waals surface area contributed by atoms with Crippen LogP contribution in [0.25, 0.3) is 16.9 Å². The molecule has 29 heavy (non-hydrogen) atoms. The van der Waals surface area contributed by atoms with Gasteiger partial charge in [-0.05, 0) is 44.4 Å². The van der Waals surface area contributed by atoms with Gasteiger partial charge in [0.15, 0.2) is 6.61 Å². The SMILES string of the molecule is Cc1ccc(-c2nn(-c3ccccc3)cc2C(=O)OCC(=O)NC2CC2)c(C)c1. The van der Waals surface area contributed by atoms with E-state index in [0.717, 1.165) is 35.2 Å². The first kappa shape index (κ1) is 18.9. The van der Waals surface area contributed by atoms with Crippen molar-refractivity contribution in [3.63, 3.8) is 0 Å². The minimum atomic E-state index is -0.562. The van der Waals surface area contributed by atoms with E-state index in [-0.39, 0.29) is 18.6 Å². The van der Waals surface area contributed by atoms with Gasteiger partial charge in [-0.25, -0.2) is 9.48 Å². The zero-order valence-electron chi connectivity index (χ0n) is 16.5. The molecule has 2 aromatic carbocycles. The Labute approximate surface area is 169 Å². The van der Waals surface area contributed by atoms with Gasteiger partial charge in [-0.2, -0.15) is 5.10 Å². The first-order valence-electron chi connectivity index (χ1n) is 9.70. The monoisotopic (exact) mass is 389 g/mol. The summed E-state index contributed by atoms with van der Waals surface area (Å²) in [6, 6.07) is 15.8. The van der Waals surface area contributed by atoms with E-state index in [2.05, 4.69) is 16.5 Å². The lowest BCUT2D eigenvalue weighted by Gasteiger charge is -2.08. The number of amides is 1. The Hall–Kier alpha value is -3.41. The first-order valence-corrected chi connectivity index (χ1v) is 9.70. The minimum Gasteiger partial charge on any atom is -0.452 e. The number of para-hydroxylation sites is 1. The first-order chi connectivity index (χ1) is 14.0. The fraction of sp³-hybridized carbons (Fsp3) is 0.261. The number of nitrogens with zero attached hydrogens (tertiary/aromatic N) is 2. The second-order valence-electron chi connectivity index (χ2n) is 7.41. The molecule has 1 heterocycles. The molecule has 6 heteroatoms. The Morgan fingerprint density at radius 2 is 1.90 bits per heavy atom. The maximum atomic E-state index is 12.8. The van der Waals surface area contributed by atoms with Crippen molar-refractivity contribution in [1.82, 2.24) is 15.1 Å². The quantitative estimate of drug-likeness (QED) is 0.654. The minimum absolute atomic E-state index is 0.229. The third-order valence-electron chi connectivity index (χ3n) is 4.87. The summed E-state index contributed by atoms with van der Waals surface area (Å²) in [7, 11) is 0. The second kappa shape index (κ2) is 7.91. The maximum Gasteiger partial charge on any atom is 0.342 e. The third kappa shape index (κ3) is 4.37. The van der Waals surface area contributed by atoms with Gasteiger partial charge in [0.2, 0.25) is 0 Å². The van der Waals surface area contributed by atoms with Crippen LogP contribution in [0.15, 0.2) is 54.7 Å². The Morgan fingerprint density at radius 1 is 1.14 bits per heavy atom. The van der Waals surface area contributed by atoms with E-state index in [0.29, 0.717) is 11.3 Å². The zero-order valence-corrected chi connectivity index (χ0v) is 16.5. The molecule has 1 aliphatic rings. The topological polar surface area (TPSA) is 73.2 Å². The van der Waals surface area contributed by atoms with Gasteiger partial charge in [0.05, 0.1) is 5.69 Å². The molecule has 1 N–H and O–H groups in total. The summed E-state index contributed by atoms with van der Waals surface area (Å²) in [5, 5.41) is 7.48. The fourth-order valence-electron chi connectivity index (χ4n) is 3.22. The average Bonchev–Trinajstić information content (AvgIpc) is 3.41. The fourth-order valence-corrected chi connectivity index (χ4v) is 3.22. The number of aromatic nitrogens is 2. The van der Waals surface area contributed by atoms with Crippen molar-refractivity contribution in [2.45, 2.75) is 32.7 Å². The van der Waals surface area contributed by atoms with Crippen molar-refractivity contribution < 1.29 is 14.3 Å². The molecular weight excluding hydrogens is 366 g/mol. The van der Waals surface area contributed by atoms with Gasteiger partial charge in [0.25, 0.3) is 5.91 Å². The van der Waals surface area contributed by atoms with Crippen LogP contribution in [0.2, 0.25) is 0 Å². The zero-order chi connectivity index (χ0) is 20.4. The highest BCUT2D eigenvalue weighted by Gasteiger charge is 2.25. The predicted octanol–water partition coefficient (Wildman–Crippen LogP) is 3.59. The average molecular weight is 389 g/mol. The molecule has 0 saturated heterocycles. The smallest absolute Gasteiger partial charge is 0.342 e. The van der Waals surface area contributed by atoms with Gasteiger partial charge in [-0.3, -0.25) is 4.79 Å². The molecular formula is C23H23N3O3. The van der Waals surface area contributed by atoms with Gasteiger partial charge in [-0.15, -0.1) is 0 Å². The van der Waals surface area contributed by atoms with Crippen LogP contribution in [-0.4, -0.2) is 34.3 Å². The molecule has 1 amide bonds. The van der Waals surface area contributed by atoms with E-state index in [1.165, 1.54) is 0 Å². The van der Waals surface area contributed by atoms with Crippen molar-refractivity contribution in [2.24, 2.45) is 0 Å². The van der Waals surface area contributed by atoms with E-state index >= 15 is 0 Å². The number of hydrogen-bond donors (Lipinski definition) is 1. The molecule has 1 aliphatic carbocycles. The lowest BCUT2D eigenvalue weighted by atomic mass is 10.0. The van der Waals surface area contributed by atoms with Crippen molar-refractivity contribution >= 4 is 11.9 Å². The molecule has 1 fully saturated rings. The molecule has 0 unspecified atom stereocenters. The number of ether oxygens (including phenoxy) is 1. The number of carbonyl (C=O) groups is 2. The van der Waals surface area contributed by atoms with Gasteiger partial charge in [0, 0.05) is 17.8 Å². The largest absolute Gasteiger partial charge is 0.452 e. The highest BCUT2D eigenvalue weighted by atomic mass is 16.5. The Kier molecular flexibility index (Phi) is 5.16.